The first-order valence-electron chi connectivity index (χ1n) is 8.13. The van der Waals surface area contributed by atoms with Crippen LogP contribution >= 0.6 is 11.3 Å². The van der Waals surface area contributed by atoms with Crippen LogP contribution in [0.4, 0.5) is 0 Å². The molecule has 2 heterocycles. The van der Waals surface area contributed by atoms with Crippen LogP contribution in [0.15, 0.2) is 18.3 Å². The number of carbonyl (C=O) groups is 1. The molecule has 0 aliphatic heterocycles. The molecule has 0 atom stereocenters. The standard InChI is InChI=1S/C16H23N5OS/c1-11-2-7-14(23-11)8-9-18-16(22)15-10-21(20-19-15)13-5-3-12(17)4-6-13/h2,7,10,12-13H,3-6,8-9,17H2,1H3,(H,18,22). The molecule has 0 radical (unpaired) electrons. The minimum Gasteiger partial charge on any atom is -0.350 e. The molecule has 0 bridgehead atoms. The van der Waals surface area contributed by atoms with E-state index in [4.69, 9.17) is 5.73 Å². The van der Waals surface area contributed by atoms with Gasteiger partial charge in [-0.25, -0.2) is 4.68 Å². The molecule has 1 amide bonds. The van der Waals surface area contributed by atoms with E-state index in [1.54, 1.807) is 17.5 Å². The Morgan fingerprint density at radius 2 is 2.17 bits per heavy atom. The zero-order valence-electron chi connectivity index (χ0n) is 13.4. The Hall–Kier alpha value is -1.73. The van der Waals surface area contributed by atoms with Crippen LogP contribution in [0.2, 0.25) is 0 Å². The number of nitrogens with one attached hydrogen (secondary N) is 1. The Labute approximate surface area is 140 Å². The van der Waals surface area contributed by atoms with Gasteiger partial charge in [0.25, 0.3) is 5.91 Å². The van der Waals surface area contributed by atoms with E-state index >= 15 is 0 Å². The molecule has 23 heavy (non-hydrogen) atoms. The summed E-state index contributed by atoms with van der Waals surface area (Å²) in [7, 11) is 0. The molecule has 2 aromatic heterocycles. The highest BCUT2D eigenvalue weighted by Gasteiger charge is 2.22. The second-order valence-electron chi connectivity index (χ2n) is 6.17. The van der Waals surface area contributed by atoms with Crippen LogP contribution in [0, 0.1) is 6.92 Å². The van der Waals surface area contributed by atoms with Crippen molar-refractivity contribution in [2.75, 3.05) is 6.54 Å². The van der Waals surface area contributed by atoms with Gasteiger partial charge in [0.15, 0.2) is 5.69 Å². The Morgan fingerprint density at radius 3 is 2.87 bits per heavy atom. The third-order valence-corrected chi connectivity index (χ3v) is 5.37. The lowest BCUT2D eigenvalue weighted by atomic mass is 9.92. The van der Waals surface area contributed by atoms with E-state index in [0.29, 0.717) is 24.3 Å². The lowest BCUT2D eigenvalue weighted by Crippen LogP contribution is -2.28. The van der Waals surface area contributed by atoms with Crippen molar-refractivity contribution in [1.82, 2.24) is 20.3 Å². The van der Waals surface area contributed by atoms with Crippen molar-refractivity contribution in [3.05, 3.63) is 33.8 Å². The summed E-state index contributed by atoms with van der Waals surface area (Å²) in [5, 5.41) is 11.0. The van der Waals surface area contributed by atoms with E-state index in [0.717, 1.165) is 32.1 Å². The molecule has 1 saturated carbocycles. The SMILES string of the molecule is Cc1ccc(CCNC(=O)c2cn(C3CCC(N)CC3)nn2)s1. The molecule has 0 spiro atoms. The predicted molar refractivity (Wildman–Crippen MR) is 90.6 cm³/mol. The third-order valence-electron chi connectivity index (χ3n) is 4.31. The smallest absolute Gasteiger partial charge is 0.273 e. The molecule has 2 aromatic rings. The van der Waals surface area contributed by atoms with Crippen LogP contribution in [-0.2, 0) is 6.42 Å². The summed E-state index contributed by atoms with van der Waals surface area (Å²) in [6.45, 7) is 2.70. The number of hydrogen-bond acceptors (Lipinski definition) is 5. The Kier molecular flexibility index (Phi) is 5.07. The van der Waals surface area contributed by atoms with Gasteiger partial charge >= 0.3 is 0 Å². The zero-order chi connectivity index (χ0) is 16.2. The Balaban J connectivity index is 1.50. The lowest BCUT2D eigenvalue weighted by Gasteiger charge is -2.25. The van der Waals surface area contributed by atoms with Crippen LogP contribution in [0.25, 0.3) is 0 Å². The van der Waals surface area contributed by atoms with Crippen LogP contribution < -0.4 is 11.1 Å². The molecule has 1 aliphatic carbocycles. The van der Waals surface area contributed by atoms with E-state index in [1.807, 2.05) is 4.68 Å². The molecule has 7 heteroatoms. The number of carbonyl (C=O) groups excluding carboxylic acids is 1. The Morgan fingerprint density at radius 1 is 1.39 bits per heavy atom. The molecule has 6 nitrogen and oxygen atoms in total. The highest BCUT2D eigenvalue weighted by atomic mass is 32.1. The van der Waals surface area contributed by atoms with Crippen molar-refractivity contribution in [3.63, 3.8) is 0 Å². The van der Waals surface area contributed by atoms with Crippen molar-refractivity contribution in [2.24, 2.45) is 5.73 Å². The summed E-state index contributed by atoms with van der Waals surface area (Å²) in [4.78, 5) is 14.7. The maximum absolute atomic E-state index is 12.1. The highest BCUT2D eigenvalue weighted by molar-refractivity contribution is 7.11. The minimum absolute atomic E-state index is 0.156. The van der Waals surface area contributed by atoms with Crippen LogP contribution in [0.3, 0.4) is 0 Å². The number of amides is 1. The van der Waals surface area contributed by atoms with Gasteiger partial charge in [-0.05, 0) is 51.2 Å². The number of aryl methyl sites for hydroxylation is 1. The van der Waals surface area contributed by atoms with Gasteiger partial charge in [0.2, 0.25) is 0 Å². The summed E-state index contributed by atoms with van der Waals surface area (Å²) in [6, 6.07) is 4.83. The van der Waals surface area contributed by atoms with E-state index in [1.165, 1.54) is 9.75 Å². The van der Waals surface area contributed by atoms with E-state index < -0.39 is 0 Å². The maximum Gasteiger partial charge on any atom is 0.273 e. The third kappa shape index (κ3) is 4.17. The second kappa shape index (κ2) is 7.23. The van der Waals surface area contributed by atoms with Crippen LogP contribution in [-0.4, -0.2) is 33.5 Å². The molecule has 124 valence electrons. The fraction of sp³-hybridized carbons (Fsp3) is 0.562. The van der Waals surface area contributed by atoms with Crippen LogP contribution in [0.5, 0.6) is 0 Å². The molecule has 0 aromatic carbocycles. The first kappa shape index (κ1) is 16.1. The van der Waals surface area contributed by atoms with Crippen molar-refractivity contribution in [2.45, 2.75) is 51.1 Å². The number of thiophene rings is 1. The minimum atomic E-state index is -0.156. The van der Waals surface area contributed by atoms with Gasteiger partial charge < -0.3 is 11.1 Å². The lowest BCUT2D eigenvalue weighted by molar-refractivity contribution is 0.0949. The normalized spacial score (nSPS) is 21.3. The zero-order valence-corrected chi connectivity index (χ0v) is 14.2. The quantitative estimate of drug-likeness (QED) is 0.877. The molecule has 1 fully saturated rings. The highest BCUT2D eigenvalue weighted by Crippen LogP contribution is 2.26. The molecule has 3 rings (SSSR count). The van der Waals surface area contributed by atoms with Gasteiger partial charge in [-0.1, -0.05) is 5.21 Å². The Bertz CT molecular complexity index is 657. The molecule has 1 aliphatic rings. The van der Waals surface area contributed by atoms with Crippen LogP contribution in [0.1, 0.15) is 52.0 Å². The number of nitrogens with two attached hydrogens (primary N) is 1. The van der Waals surface area contributed by atoms with Gasteiger partial charge in [0, 0.05) is 22.3 Å². The summed E-state index contributed by atoms with van der Waals surface area (Å²) in [5.41, 5.74) is 6.32. The number of nitrogens with zero attached hydrogens (tertiary/aromatic N) is 3. The average Bonchev–Trinajstić information content (AvgIpc) is 3.17. The van der Waals surface area contributed by atoms with Gasteiger partial charge in [0.05, 0.1) is 12.2 Å². The number of rotatable bonds is 5. The van der Waals surface area contributed by atoms with Gasteiger partial charge in [0.1, 0.15) is 0 Å². The first-order chi connectivity index (χ1) is 11.1. The topological polar surface area (TPSA) is 85.8 Å². The van der Waals surface area contributed by atoms with Crippen molar-refractivity contribution < 1.29 is 4.79 Å². The fourth-order valence-electron chi connectivity index (χ4n) is 2.93. The fourth-order valence-corrected chi connectivity index (χ4v) is 3.82. The van der Waals surface area contributed by atoms with Crippen molar-refractivity contribution in [3.8, 4) is 0 Å². The number of aromatic nitrogens is 3. The van der Waals surface area contributed by atoms with Crippen molar-refractivity contribution in [1.29, 1.82) is 0 Å². The number of hydrogen-bond donors (Lipinski definition) is 2. The van der Waals surface area contributed by atoms with E-state index in [2.05, 4.69) is 34.7 Å². The summed E-state index contributed by atoms with van der Waals surface area (Å²) < 4.78 is 1.82. The molecule has 0 saturated heterocycles. The molecular weight excluding hydrogens is 310 g/mol. The second-order valence-corrected chi connectivity index (χ2v) is 7.54. The average molecular weight is 333 g/mol. The van der Waals surface area contributed by atoms with Crippen molar-refractivity contribution >= 4 is 17.2 Å². The van der Waals surface area contributed by atoms with E-state index in [9.17, 15) is 4.79 Å². The molecule has 3 N–H and O–H groups in total. The molecular formula is C16H23N5OS. The van der Waals surface area contributed by atoms with Gasteiger partial charge in [-0.2, -0.15) is 0 Å². The largest absolute Gasteiger partial charge is 0.350 e. The molecule has 0 unspecified atom stereocenters. The summed E-state index contributed by atoms with van der Waals surface area (Å²) in [6.07, 6.45) is 6.62. The monoisotopic (exact) mass is 333 g/mol. The van der Waals surface area contributed by atoms with Gasteiger partial charge in [-0.3, -0.25) is 4.79 Å². The van der Waals surface area contributed by atoms with Gasteiger partial charge in [-0.15, -0.1) is 16.4 Å². The maximum atomic E-state index is 12.1. The predicted octanol–water partition coefficient (Wildman–Crippen LogP) is 2.06. The first-order valence-corrected chi connectivity index (χ1v) is 8.94. The summed E-state index contributed by atoms with van der Waals surface area (Å²) in [5.74, 6) is -0.156. The van der Waals surface area contributed by atoms with E-state index in [-0.39, 0.29) is 5.91 Å². The summed E-state index contributed by atoms with van der Waals surface area (Å²) >= 11 is 1.76.